The Morgan fingerprint density at radius 2 is 1.96 bits per heavy atom. The second-order valence-corrected chi connectivity index (χ2v) is 16.1. The fourth-order valence-corrected chi connectivity index (χ4v) is 8.34. The number of carbonyl (C=O) groups excluding carboxylic acids is 1. The van der Waals surface area contributed by atoms with Crippen molar-refractivity contribution in [1.82, 2.24) is 9.80 Å². The molecule has 1 amide bonds. The molecule has 11 heteroatoms. The van der Waals surface area contributed by atoms with Crippen LogP contribution in [-0.4, -0.2) is 60.9 Å². The van der Waals surface area contributed by atoms with Crippen molar-refractivity contribution in [2.24, 2.45) is 4.99 Å². The maximum Gasteiger partial charge on any atom is 0.412 e. The number of hydrogen-bond donors (Lipinski definition) is 1. The molecule has 8 nitrogen and oxygen atoms in total. The molecule has 0 aliphatic carbocycles. The molecular formula is C40H55FN5O3PS. The largest absolute Gasteiger partial charge is 0.444 e. The number of ether oxygens (including phenoxy) is 2. The molecule has 51 heavy (non-hydrogen) atoms. The average molecular weight is 736 g/mol. The van der Waals surface area contributed by atoms with Crippen molar-refractivity contribution in [2.45, 2.75) is 112 Å². The van der Waals surface area contributed by atoms with Crippen molar-refractivity contribution >= 4 is 54.6 Å². The van der Waals surface area contributed by atoms with Gasteiger partial charge in [-0.1, -0.05) is 31.9 Å². The second-order valence-electron chi connectivity index (χ2n) is 14.5. The van der Waals surface area contributed by atoms with Crippen molar-refractivity contribution < 1.29 is 18.7 Å². The zero-order chi connectivity index (χ0) is 37.6. The van der Waals surface area contributed by atoms with Gasteiger partial charge in [0.15, 0.2) is 0 Å². The average Bonchev–Trinajstić information content (AvgIpc) is 3.81. The van der Waals surface area contributed by atoms with Gasteiger partial charge in [0.05, 0.1) is 23.7 Å². The summed E-state index contributed by atoms with van der Waals surface area (Å²) in [6, 6.07) is 2.72. The van der Waals surface area contributed by atoms with Crippen LogP contribution in [0.5, 0.6) is 0 Å². The lowest BCUT2D eigenvalue weighted by Gasteiger charge is -2.29. The molecule has 1 N–H and O–H groups in total. The SMILES string of the molecule is C/C=C(/F)c1sc(NC(=O)OC(C)(C)C)c(C#N)c1/C(=C(\C)CC)c1c(P)c(C)c(/C=N\C(=C\CCC)N2CCCC2CN(C)C)c2c1COC2. The van der Waals surface area contributed by atoms with Crippen LogP contribution in [0.4, 0.5) is 14.2 Å². The molecule has 2 unspecified atom stereocenters. The van der Waals surface area contributed by atoms with Gasteiger partial charge < -0.3 is 19.3 Å². The minimum absolute atomic E-state index is 0.199. The summed E-state index contributed by atoms with van der Waals surface area (Å²) in [6.07, 6.45) is 9.91. The van der Waals surface area contributed by atoms with Gasteiger partial charge in [-0.15, -0.1) is 20.6 Å². The lowest BCUT2D eigenvalue weighted by atomic mass is 9.83. The Labute approximate surface area is 310 Å². The highest BCUT2D eigenvalue weighted by Gasteiger charge is 2.33. The number of fused-ring (bicyclic) bond motifs is 1. The van der Waals surface area contributed by atoms with Crippen molar-refractivity contribution in [3.63, 3.8) is 0 Å². The molecule has 0 spiro atoms. The minimum Gasteiger partial charge on any atom is -0.444 e. The van der Waals surface area contributed by atoms with Crippen LogP contribution in [0.25, 0.3) is 11.4 Å². The molecule has 2 atom stereocenters. The number of halogens is 1. The Kier molecular flexibility index (Phi) is 13.8. The summed E-state index contributed by atoms with van der Waals surface area (Å²) in [4.78, 5) is 23.1. The van der Waals surface area contributed by atoms with Crippen LogP contribution in [0.1, 0.15) is 124 Å². The summed E-state index contributed by atoms with van der Waals surface area (Å²) in [5, 5.41) is 14.5. The summed E-state index contributed by atoms with van der Waals surface area (Å²) in [5.41, 5.74) is 6.70. The van der Waals surface area contributed by atoms with Crippen LogP contribution in [0.15, 0.2) is 28.5 Å². The molecule has 1 aromatic carbocycles. The van der Waals surface area contributed by atoms with Gasteiger partial charge in [0.2, 0.25) is 0 Å². The van der Waals surface area contributed by atoms with E-state index >= 15 is 4.39 Å². The first kappa shape index (κ1) is 40.4. The number of unbranched alkanes of at least 4 members (excludes halogenated alkanes) is 1. The maximum atomic E-state index is 15.9. The molecule has 2 aliphatic heterocycles. The van der Waals surface area contributed by atoms with Gasteiger partial charge in [-0.3, -0.25) is 5.32 Å². The summed E-state index contributed by atoms with van der Waals surface area (Å²) >= 11 is 1.04. The Morgan fingerprint density at radius 3 is 2.57 bits per heavy atom. The van der Waals surface area contributed by atoms with E-state index in [0.29, 0.717) is 31.2 Å². The van der Waals surface area contributed by atoms with Crippen molar-refractivity contribution in [3.05, 3.63) is 67.4 Å². The number of benzene rings is 1. The number of nitrogens with zero attached hydrogens (tertiary/aromatic N) is 4. The van der Waals surface area contributed by atoms with Gasteiger partial charge in [0, 0.05) is 36.5 Å². The number of likely N-dealkylation sites (N-methyl/N-ethyl adjacent to an activating group) is 1. The fraction of sp³-hybridized carbons (Fsp3) is 0.525. The number of carbonyl (C=O) groups is 1. The van der Waals surface area contributed by atoms with E-state index in [2.05, 4.69) is 71.4 Å². The molecule has 1 aromatic heterocycles. The molecule has 276 valence electrons. The zero-order valence-electron chi connectivity index (χ0n) is 32.1. The molecule has 3 heterocycles. The lowest BCUT2D eigenvalue weighted by molar-refractivity contribution is 0.0636. The molecule has 1 saturated heterocycles. The van der Waals surface area contributed by atoms with Crippen LogP contribution in [0, 0.1) is 18.3 Å². The molecule has 2 aromatic rings. The summed E-state index contributed by atoms with van der Waals surface area (Å²) in [6.45, 7) is 18.0. The van der Waals surface area contributed by atoms with E-state index in [-0.39, 0.29) is 15.4 Å². The minimum atomic E-state index is -0.745. The summed E-state index contributed by atoms with van der Waals surface area (Å²) in [5.74, 6) is 0.545. The predicted molar refractivity (Wildman–Crippen MR) is 214 cm³/mol. The molecule has 0 saturated carbocycles. The predicted octanol–water partition coefficient (Wildman–Crippen LogP) is 9.45. The maximum absolute atomic E-state index is 15.9. The van der Waals surface area contributed by atoms with Crippen LogP contribution in [0.2, 0.25) is 0 Å². The third-order valence-electron chi connectivity index (χ3n) is 9.31. The number of thiophene rings is 1. The Hall–Kier alpha value is -3.35. The number of hydrogen-bond acceptors (Lipinski definition) is 8. The highest BCUT2D eigenvalue weighted by atomic mass is 32.1. The Morgan fingerprint density at radius 1 is 1.25 bits per heavy atom. The second kappa shape index (κ2) is 17.4. The van der Waals surface area contributed by atoms with Crippen LogP contribution in [-0.2, 0) is 22.7 Å². The van der Waals surface area contributed by atoms with Crippen LogP contribution >= 0.6 is 20.6 Å². The standard InChI is InChI=1S/C40H55FN5O3PS/c1-11-14-17-32(46-18-15-16-26(46)21-45(9)10)43-20-28-25(5)36(50)34(30-23-48-22-29(28)30)33(24(4)12-2)35-27(19-42)38(51-37(35)31(41)13-3)44-39(47)49-40(6,7)8/h13,17,20,26H,11-12,14-16,18,21-23,50H2,1-10H3,(H,44,47)/b31-13+,32-17-,33-24+,43-20-. The molecule has 0 radical (unpaired) electrons. The molecule has 4 rings (SSSR count). The first-order chi connectivity index (χ1) is 24.2. The molecule has 1 fully saturated rings. The van der Waals surface area contributed by atoms with E-state index < -0.39 is 17.5 Å². The number of nitrogens with one attached hydrogen (secondary N) is 1. The van der Waals surface area contributed by atoms with Crippen molar-refractivity contribution in [2.75, 3.05) is 32.5 Å². The van der Waals surface area contributed by atoms with E-state index in [9.17, 15) is 10.1 Å². The van der Waals surface area contributed by atoms with Crippen LogP contribution < -0.4 is 10.6 Å². The fourth-order valence-electron chi connectivity index (χ4n) is 6.76. The first-order valence-corrected chi connectivity index (χ1v) is 19.3. The summed E-state index contributed by atoms with van der Waals surface area (Å²) < 4.78 is 27.5. The number of nitriles is 1. The Balaban J connectivity index is 1.92. The topological polar surface area (TPSA) is 90.2 Å². The van der Waals surface area contributed by atoms with E-state index in [1.54, 1.807) is 27.7 Å². The van der Waals surface area contributed by atoms with E-state index in [1.165, 1.54) is 6.08 Å². The van der Waals surface area contributed by atoms with Crippen molar-refractivity contribution in [1.29, 1.82) is 5.26 Å². The van der Waals surface area contributed by atoms with E-state index in [1.807, 2.05) is 13.1 Å². The highest BCUT2D eigenvalue weighted by molar-refractivity contribution is 7.28. The third kappa shape index (κ3) is 9.18. The molecule has 0 bridgehead atoms. The van der Waals surface area contributed by atoms with Crippen LogP contribution in [0.3, 0.4) is 0 Å². The number of allylic oxidation sites excluding steroid dienone is 3. The lowest BCUT2D eigenvalue weighted by Crippen LogP contribution is -2.36. The zero-order valence-corrected chi connectivity index (χ0v) is 34.0. The molecular weight excluding hydrogens is 681 g/mol. The van der Waals surface area contributed by atoms with Crippen molar-refractivity contribution in [3.8, 4) is 6.07 Å². The van der Waals surface area contributed by atoms with Gasteiger partial charge in [0.1, 0.15) is 28.3 Å². The van der Waals surface area contributed by atoms with Gasteiger partial charge in [-0.2, -0.15) is 5.26 Å². The number of anilines is 1. The van der Waals surface area contributed by atoms with E-state index in [4.69, 9.17) is 14.5 Å². The monoisotopic (exact) mass is 735 g/mol. The van der Waals surface area contributed by atoms with Gasteiger partial charge >= 0.3 is 6.09 Å². The first-order valence-electron chi connectivity index (χ1n) is 17.9. The highest BCUT2D eigenvalue weighted by Crippen LogP contribution is 2.47. The molecule has 2 aliphatic rings. The smallest absolute Gasteiger partial charge is 0.412 e. The van der Waals surface area contributed by atoms with Gasteiger partial charge in [-0.05, 0) is 121 Å². The number of aliphatic imine (C=N–C) groups is 1. The number of amides is 1. The van der Waals surface area contributed by atoms with Gasteiger partial charge in [-0.25, -0.2) is 14.2 Å². The normalized spacial score (nSPS) is 17.3. The quantitative estimate of drug-likeness (QED) is 0.173. The third-order valence-corrected chi connectivity index (χ3v) is 11.1. The number of likely N-dealkylation sites (tertiary alicyclic amines) is 1. The van der Waals surface area contributed by atoms with E-state index in [0.717, 1.165) is 100 Å². The number of rotatable bonds is 12. The van der Waals surface area contributed by atoms with Gasteiger partial charge in [0.25, 0.3) is 0 Å². The Bertz CT molecular complexity index is 1790. The summed E-state index contributed by atoms with van der Waals surface area (Å²) in [7, 11) is 7.17.